The minimum atomic E-state index is -0.846. The summed E-state index contributed by atoms with van der Waals surface area (Å²) >= 11 is 3.00. The van der Waals surface area contributed by atoms with Gasteiger partial charge < -0.3 is 19.9 Å². The first-order chi connectivity index (χ1) is 16.5. The van der Waals surface area contributed by atoms with Gasteiger partial charge in [-0.2, -0.15) is 0 Å². The van der Waals surface area contributed by atoms with E-state index in [9.17, 15) is 5.11 Å². The summed E-state index contributed by atoms with van der Waals surface area (Å²) in [5.74, 6) is 0.478. The summed E-state index contributed by atoms with van der Waals surface area (Å²) in [5.41, 5.74) is 4.92. The molecule has 2 N–H and O–H groups in total. The number of nitrogens with zero attached hydrogens (tertiary/aromatic N) is 4. The largest absolute Gasteiger partial charge is 0.474 e. The van der Waals surface area contributed by atoms with E-state index in [2.05, 4.69) is 46.2 Å². The Kier molecular flexibility index (Phi) is 8.07. The van der Waals surface area contributed by atoms with Crippen LogP contribution in [0.15, 0.2) is 64.4 Å². The van der Waals surface area contributed by atoms with Gasteiger partial charge in [-0.15, -0.1) is 11.3 Å². The highest BCUT2D eigenvalue weighted by Crippen LogP contribution is 2.35. The molecule has 0 amide bonds. The molecule has 0 aliphatic heterocycles. The minimum Gasteiger partial charge on any atom is -0.474 e. The van der Waals surface area contributed by atoms with Gasteiger partial charge >= 0.3 is 0 Å². The van der Waals surface area contributed by atoms with Crippen molar-refractivity contribution < 1.29 is 14.6 Å². The average Bonchev–Trinajstić information content (AvgIpc) is 3.28. The van der Waals surface area contributed by atoms with E-state index in [0.717, 1.165) is 37.9 Å². The number of aryl methyl sites for hydroxylation is 2. The number of hydrogen-bond acceptors (Lipinski definition) is 10. The van der Waals surface area contributed by atoms with Crippen LogP contribution in [0.3, 0.4) is 0 Å². The standard InChI is InChI=1S/C24H25N5O3S2/c1-15-10-18(34-21-13-26-20(12-27-21)32-9-8-31-3)11-16(2)22(15)19-14-33-24(28-19)29-23(30)17-4-6-25-7-5-17/h4-7,10-14,23,30H,8-9H2,1-3H3,(H,28,29). The van der Waals surface area contributed by atoms with E-state index in [0.29, 0.717) is 24.2 Å². The van der Waals surface area contributed by atoms with Crippen LogP contribution in [0, 0.1) is 13.8 Å². The Morgan fingerprint density at radius 1 is 1.09 bits per heavy atom. The molecule has 0 saturated heterocycles. The Balaban J connectivity index is 1.45. The maximum Gasteiger partial charge on any atom is 0.232 e. The summed E-state index contributed by atoms with van der Waals surface area (Å²) in [6.45, 7) is 5.09. The monoisotopic (exact) mass is 495 g/mol. The van der Waals surface area contributed by atoms with Gasteiger partial charge in [0.05, 0.1) is 24.7 Å². The lowest BCUT2D eigenvalue weighted by atomic mass is 10.0. The number of methoxy groups -OCH3 is 1. The summed E-state index contributed by atoms with van der Waals surface area (Å²) in [5, 5.41) is 16.9. The lowest BCUT2D eigenvalue weighted by Gasteiger charge is -2.12. The molecular weight excluding hydrogens is 470 g/mol. The molecule has 8 nitrogen and oxygen atoms in total. The molecule has 3 aromatic heterocycles. The fourth-order valence-corrected chi connectivity index (χ4v) is 5.02. The topological polar surface area (TPSA) is 102 Å². The Morgan fingerprint density at radius 2 is 1.85 bits per heavy atom. The van der Waals surface area contributed by atoms with Crippen LogP contribution in [0.2, 0.25) is 0 Å². The van der Waals surface area contributed by atoms with E-state index in [4.69, 9.17) is 14.5 Å². The van der Waals surface area contributed by atoms with Gasteiger partial charge in [-0.1, -0.05) is 11.8 Å². The summed E-state index contributed by atoms with van der Waals surface area (Å²) in [7, 11) is 1.63. The fraction of sp³-hybridized carbons (Fsp3) is 0.250. The van der Waals surface area contributed by atoms with Crippen molar-refractivity contribution in [2.24, 2.45) is 0 Å². The highest BCUT2D eigenvalue weighted by Gasteiger charge is 2.15. The quantitative estimate of drug-likeness (QED) is 0.235. The van der Waals surface area contributed by atoms with Crippen LogP contribution in [-0.4, -0.2) is 45.4 Å². The Hall–Kier alpha value is -3.05. The summed E-state index contributed by atoms with van der Waals surface area (Å²) in [4.78, 5) is 18.5. The second-order valence-corrected chi connectivity index (χ2v) is 9.39. The molecule has 1 atom stereocenters. The predicted molar refractivity (Wildman–Crippen MR) is 133 cm³/mol. The number of benzene rings is 1. The third-order valence-electron chi connectivity index (χ3n) is 4.91. The number of aromatic nitrogens is 4. The van der Waals surface area contributed by atoms with E-state index in [1.165, 1.54) is 11.3 Å². The molecule has 10 heteroatoms. The number of thiazole rings is 1. The van der Waals surface area contributed by atoms with Gasteiger partial charge in [-0.3, -0.25) is 4.98 Å². The highest BCUT2D eigenvalue weighted by atomic mass is 32.2. The number of nitrogens with one attached hydrogen (secondary N) is 1. The van der Waals surface area contributed by atoms with Crippen molar-refractivity contribution in [3.8, 4) is 17.1 Å². The average molecular weight is 496 g/mol. The molecule has 0 aliphatic rings. The zero-order valence-electron chi connectivity index (χ0n) is 19.1. The van der Waals surface area contributed by atoms with Gasteiger partial charge in [-0.25, -0.2) is 15.0 Å². The highest BCUT2D eigenvalue weighted by molar-refractivity contribution is 7.99. The molecule has 0 radical (unpaired) electrons. The number of anilines is 1. The van der Waals surface area contributed by atoms with Crippen molar-refractivity contribution in [3.63, 3.8) is 0 Å². The summed E-state index contributed by atoms with van der Waals surface area (Å²) < 4.78 is 10.4. The van der Waals surface area contributed by atoms with Crippen LogP contribution in [0.1, 0.15) is 22.9 Å². The first-order valence-corrected chi connectivity index (χ1v) is 12.3. The van der Waals surface area contributed by atoms with E-state index in [1.807, 2.05) is 5.38 Å². The van der Waals surface area contributed by atoms with Gasteiger partial charge in [0.15, 0.2) is 11.4 Å². The van der Waals surface area contributed by atoms with Crippen molar-refractivity contribution in [2.75, 3.05) is 25.6 Å². The molecule has 4 rings (SSSR count). The van der Waals surface area contributed by atoms with Crippen LogP contribution in [-0.2, 0) is 4.74 Å². The van der Waals surface area contributed by atoms with Crippen molar-refractivity contribution >= 4 is 28.2 Å². The zero-order chi connectivity index (χ0) is 23.9. The summed E-state index contributed by atoms with van der Waals surface area (Å²) in [6.07, 6.45) is 5.78. The summed E-state index contributed by atoms with van der Waals surface area (Å²) in [6, 6.07) is 7.78. The van der Waals surface area contributed by atoms with Crippen molar-refractivity contribution in [1.82, 2.24) is 19.9 Å². The predicted octanol–water partition coefficient (Wildman–Crippen LogP) is 4.89. The van der Waals surface area contributed by atoms with E-state index in [-0.39, 0.29) is 0 Å². The minimum absolute atomic E-state index is 0.439. The second-order valence-electron chi connectivity index (χ2n) is 7.43. The Labute approximate surface area is 206 Å². The number of aliphatic hydroxyl groups excluding tert-OH is 1. The third kappa shape index (κ3) is 6.09. The molecule has 0 fully saturated rings. The smallest absolute Gasteiger partial charge is 0.232 e. The molecule has 3 heterocycles. The van der Waals surface area contributed by atoms with Crippen molar-refractivity contribution in [2.45, 2.75) is 30.0 Å². The lowest BCUT2D eigenvalue weighted by molar-refractivity contribution is 0.143. The van der Waals surface area contributed by atoms with Crippen LogP contribution < -0.4 is 10.1 Å². The van der Waals surface area contributed by atoms with Crippen molar-refractivity contribution in [1.29, 1.82) is 0 Å². The zero-order valence-corrected chi connectivity index (χ0v) is 20.7. The first kappa shape index (κ1) is 24.1. The number of aliphatic hydroxyl groups is 1. The van der Waals surface area contributed by atoms with Crippen LogP contribution in [0.4, 0.5) is 5.13 Å². The second kappa shape index (κ2) is 11.4. The number of pyridine rings is 1. The van der Waals surface area contributed by atoms with Gasteiger partial charge in [-0.05, 0) is 49.2 Å². The van der Waals surface area contributed by atoms with Crippen LogP contribution in [0.5, 0.6) is 5.88 Å². The van der Waals surface area contributed by atoms with Gasteiger partial charge in [0, 0.05) is 40.9 Å². The molecule has 34 heavy (non-hydrogen) atoms. The molecular formula is C24H25N5O3S2. The molecule has 1 aromatic carbocycles. The van der Waals surface area contributed by atoms with Crippen molar-refractivity contribution in [3.05, 3.63) is 71.1 Å². The molecule has 0 spiro atoms. The van der Waals surface area contributed by atoms with Crippen LogP contribution >= 0.6 is 23.1 Å². The Morgan fingerprint density at radius 3 is 2.53 bits per heavy atom. The van der Waals surface area contributed by atoms with Gasteiger partial charge in [0.25, 0.3) is 0 Å². The molecule has 0 bridgehead atoms. The SMILES string of the molecule is COCCOc1cnc(Sc2cc(C)c(-c3csc(NC(O)c4ccncc4)n3)c(C)c2)cn1. The maximum atomic E-state index is 10.4. The lowest BCUT2D eigenvalue weighted by Crippen LogP contribution is -2.09. The molecule has 4 aromatic rings. The van der Waals surface area contributed by atoms with Gasteiger partial charge in [0.1, 0.15) is 11.6 Å². The van der Waals surface area contributed by atoms with Gasteiger partial charge in [0.2, 0.25) is 5.88 Å². The fourth-order valence-electron chi connectivity index (χ4n) is 3.37. The first-order valence-electron chi connectivity index (χ1n) is 10.6. The molecule has 0 aliphatic carbocycles. The van der Waals surface area contributed by atoms with E-state index >= 15 is 0 Å². The third-order valence-corrected chi connectivity index (χ3v) is 6.58. The Bertz CT molecular complexity index is 1200. The number of hydrogen-bond donors (Lipinski definition) is 2. The molecule has 0 saturated carbocycles. The van der Waals surface area contributed by atoms with E-state index < -0.39 is 6.23 Å². The number of rotatable bonds is 10. The van der Waals surface area contributed by atoms with E-state index in [1.54, 1.807) is 55.8 Å². The maximum absolute atomic E-state index is 10.4. The number of ether oxygens (including phenoxy) is 2. The van der Waals surface area contributed by atoms with Crippen LogP contribution in [0.25, 0.3) is 11.3 Å². The normalized spacial score (nSPS) is 11.9. The molecule has 176 valence electrons. The molecule has 1 unspecified atom stereocenters.